The molecule has 0 amide bonds. The monoisotopic (exact) mass is 227 g/mol. The van der Waals surface area contributed by atoms with E-state index in [4.69, 9.17) is 5.84 Å². The van der Waals surface area contributed by atoms with Crippen molar-refractivity contribution in [2.75, 3.05) is 20.6 Å². The van der Waals surface area contributed by atoms with E-state index in [-0.39, 0.29) is 0 Å². The summed E-state index contributed by atoms with van der Waals surface area (Å²) in [5.74, 6) is 8.22. The van der Waals surface area contributed by atoms with Crippen LogP contribution in [0.25, 0.3) is 0 Å². The Bertz CT molecular complexity index is 194. The molecule has 0 heterocycles. The van der Waals surface area contributed by atoms with Crippen molar-refractivity contribution in [3.8, 4) is 0 Å². The van der Waals surface area contributed by atoms with E-state index in [2.05, 4.69) is 38.3 Å². The third-order valence-corrected chi connectivity index (χ3v) is 4.31. The fourth-order valence-electron chi connectivity index (χ4n) is 2.81. The maximum atomic E-state index is 5.70. The number of nitrogens with two attached hydrogens (primary N) is 1. The SMILES string of the molecule is CC1CCC(C(CCN(C)C)NN)CC1C. The molecule has 3 heteroatoms. The lowest BCUT2D eigenvalue weighted by Crippen LogP contribution is -2.44. The summed E-state index contributed by atoms with van der Waals surface area (Å²) in [7, 11) is 4.25. The Labute approximate surface area is 101 Å². The first kappa shape index (κ1) is 13.9. The molecule has 4 unspecified atom stereocenters. The van der Waals surface area contributed by atoms with Crippen LogP contribution in [-0.4, -0.2) is 31.6 Å². The Morgan fingerprint density at radius 3 is 2.44 bits per heavy atom. The molecule has 0 spiro atoms. The Morgan fingerprint density at radius 2 is 1.94 bits per heavy atom. The third-order valence-electron chi connectivity index (χ3n) is 4.31. The van der Waals surface area contributed by atoms with Crippen LogP contribution in [0.4, 0.5) is 0 Å². The summed E-state index contributed by atoms with van der Waals surface area (Å²) in [5.41, 5.74) is 3.04. The van der Waals surface area contributed by atoms with Crippen molar-refractivity contribution in [2.45, 2.75) is 45.6 Å². The zero-order valence-electron chi connectivity index (χ0n) is 11.4. The average molecular weight is 227 g/mol. The van der Waals surface area contributed by atoms with Gasteiger partial charge in [0.2, 0.25) is 0 Å². The van der Waals surface area contributed by atoms with E-state index in [1.54, 1.807) is 0 Å². The zero-order chi connectivity index (χ0) is 12.1. The van der Waals surface area contributed by atoms with Crippen molar-refractivity contribution in [1.82, 2.24) is 10.3 Å². The highest BCUT2D eigenvalue weighted by Gasteiger charge is 2.29. The summed E-state index contributed by atoms with van der Waals surface area (Å²) in [6, 6.07) is 0.498. The Kier molecular flexibility index (Phi) is 5.73. The largest absolute Gasteiger partial charge is 0.309 e. The van der Waals surface area contributed by atoms with Crippen molar-refractivity contribution in [3.05, 3.63) is 0 Å². The standard InChI is InChI=1S/C13H29N3/c1-10-5-6-12(9-11(10)2)13(15-14)7-8-16(3)4/h10-13,15H,5-9,14H2,1-4H3. The third kappa shape index (κ3) is 4.04. The molecular formula is C13H29N3. The normalized spacial score (nSPS) is 33.0. The first-order valence-electron chi connectivity index (χ1n) is 6.65. The van der Waals surface area contributed by atoms with Crippen molar-refractivity contribution in [3.63, 3.8) is 0 Å². The zero-order valence-corrected chi connectivity index (χ0v) is 11.4. The number of hydrogen-bond donors (Lipinski definition) is 2. The van der Waals surface area contributed by atoms with Crippen molar-refractivity contribution in [2.24, 2.45) is 23.6 Å². The summed E-state index contributed by atoms with van der Waals surface area (Å²) < 4.78 is 0. The lowest BCUT2D eigenvalue weighted by molar-refractivity contribution is 0.161. The van der Waals surface area contributed by atoms with Gasteiger partial charge in [0.05, 0.1) is 0 Å². The molecule has 0 aromatic rings. The van der Waals surface area contributed by atoms with E-state index in [1.807, 2.05) is 0 Å². The number of hydrogen-bond acceptors (Lipinski definition) is 3. The van der Waals surface area contributed by atoms with Crippen molar-refractivity contribution < 1.29 is 0 Å². The van der Waals surface area contributed by atoms with Crippen LogP contribution >= 0.6 is 0 Å². The van der Waals surface area contributed by atoms with Gasteiger partial charge in [0, 0.05) is 6.04 Å². The molecule has 96 valence electrons. The minimum atomic E-state index is 0.498. The van der Waals surface area contributed by atoms with Crippen molar-refractivity contribution in [1.29, 1.82) is 0 Å². The van der Waals surface area contributed by atoms with Gasteiger partial charge in [-0.3, -0.25) is 11.3 Å². The lowest BCUT2D eigenvalue weighted by Gasteiger charge is -2.36. The molecular weight excluding hydrogens is 198 g/mol. The van der Waals surface area contributed by atoms with E-state index in [9.17, 15) is 0 Å². The van der Waals surface area contributed by atoms with Crippen LogP contribution in [-0.2, 0) is 0 Å². The van der Waals surface area contributed by atoms with Gasteiger partial charge >= 0.3 is 0 Å². The first-order valence-corrected chi connectivity index (χ1v) is 6.65. The predicted octanol–water partition coefficient (Wildman–Crippen LogP) is 1.84. The Hall–Kier alpha value is -0.120. The Balaban J connectivity index is 2.40. The highest BCUT2D eigenvalue weighted by atomic mass is 15.2. The molecule has 1 aliphatic rings. The van der Waals surface area contributed by atoms with Gasteiger partial charge in [0.1, 0.15) is 0 Å². The second-order valence-electron chi connectivity index (χ2n) is 5.89. The van der Waals surface area contributed by atoms with Gasteiger partial charge in [0.25, 0.3) is 0 Å². The molecule has 1 aliphatic carbocycles. The summed E-state index contributed by atoms with van der Waals surface area (Å²) in [6.45, 7) is 5.89. The molecule has 0 aromatic heterocycles. The van der Waals surface area contributed by atoms with Crippen LogP contribution in [0.1, 0.15) is 39.5 Å². The van der Waals surface area contributed by atoms with Crippen LogP contribution in [0.15, 0.2) is 0 Å². The van der Waals surface area contributed by atoms with Gasteiger partial charge in [-0.1, -0.05) is 20.3 Å². The first-order chi connectivity index (χ1) is 7.54. The van der Waals surface area contributed by atoms with Crippen molar-refractivity contribution >= 4 is 0 Å². The van der Waals surface area contributed by atoms with Gasteiger partial charge in [-0.2, -0.15) is 0 Å². The molecule has 1 rings (SSSR count). The van der Waals surface area contributed by atoms with Gasteiger partial charge in [-0.25, -0.2) is 0 Å². The topological polar surface area (TPSA) is 41.3 Å². The maximum absolute atomic E-state index is 5.70. The minimum Gasteiger partial charge on any atom is -0.309 e. The van der Waals surface area contributed by atoms with E-state index in [1.165, 1.54) is 19.3 Å². The van der Waals surface area contributed by atoms with Gasteiger partial charge in [0.15, 0.2) is 0 Å². The van der Waals surface area contributed by atoms with E-state index >= 15 is 0 Å². The molecule has 0 bridgehead atoms. The fraction of sp³-hybridized carbons (Fsp3) is 1.00. The average Bonchev–Trinajstić information content (AvgIpc) is 2.23. The van der Waals surface area contributed by atoms with Gasteiger partial charge < -0.3 is 4.90 Å². The second-order valence-corrected chi connectivity index (χ2v) is 5.89. The number of nitrogens with zero attached hydrogens (tertiary/aromatic N) is 1. The van der Waals surface area contributed by atoms with Crippen LogP contribution in [0, 0.1) is 17.8 Å². The van der Waals surface area contributed by atoms with Gasteiger partial charge in [-0.15, -0.1) is 0 Å². The maximum Gasteiger partial charge on any atom is 0.0251 e. The fourth-order valence-corrected chi connectivity index (χ4v) is 2.81. The minimum absolute atomic E-state index is 0.498. The molecule has 0 aliphatic heterocycles. The van der Waals surface area contributed by atoms with Crippen LogP contribution < -0.4 is 11.3 Å². The number of rotatable bonds is 5. The highest BCUT2D eigenvalue weighted by Crippen LogP contribution is 2.35. The molecule has 1 saturated carbocycles. The van der Waals surface area contributed by atoms with E-state index in [0.29, 0.717) is 6.04 Å². The second kappa shape index (κ2) is 6.58. The summed E-state index contributed by atoms with van der Waals surface area (Å²) >= 11 is 0. The quantitative estimate of drug-likeness (QED) is 0.556. The van der Waals surface area contributed by atoms with E-state index < -0.39 is 0 Å². The lowest BCUT2D eigenvalue weighted by atomic mass is 9.73. The van der Waals surface area contributed by atoms with Crippen LogP contribution in [0.2, 0.25) is 0 Å². The molecule has 0 radical (unpaired) electrons. The molecule has 1 fully saturated rings. The number of hydrazine groups is 1. The highest BCUT2D eigenvalue weighted by molar-refractivity contribution is 4.83. The summed E-state index contributed by atoms with van der Waals surface area (Å²) in [5, 5.41) is 0. The molecule has 0 aromatic carbocycles. The molecule has 0 saturated heterocycles. The summed E-state index contributed by atoms with van der Waals surface area (Å²) in [6.07, 6.45) is 5.21. The molecule has 3 nitrogen and oxygen atoms in total. The predicted molar refractivity (Wildman–Crippen MR) is 70.0 cm³/mol. The molecule has 4 atom stereocenters. The van der Waals surface area contributed by atoms with Crippen LogP contribution in [0.5, 0.6) is 0 Å². The Morgan fingerprint density at radius 1 is 1.25 bits per heavy atom. The number of nitrogens with one attached hydrogen (secondary N) is 1. The van der Waals surface area contributed by atoms with E-state index in [0.717, 1.165) is 30.7 Å². The van der Waals surface area contributed by atoms with Crippen LogP contribution in [0.3, 0.4) is 0 Å². The molecule has 3 N–H and O–H groups in total. The summed E-state index contributed by atoms with van der Waals surface area (Å²) in [4.78, 5) is 2.24. The molecule has 16 heavy (non-hydrogen) atoms. The smallest absolute Gasteiger partial charge is 0.0251 e. The van der Waals surface area contributed by atoms with Gasteiger partial charge in [-0.05, 0) is 57.7 Å².